The molecule has 0 N–H and O–H groups in total. The van der Waals surface area contributed by atoms with Gasteiger partial charge in [0.2, 0.25) is 0 Å². The molecule has 19 heavy (non-hydrogen) atoms. The second-order valence-electron chi connectivity index (χ2n) is 4.64. The number of carbonyl (C=O) groups is 1. The summed E-state index contributed by atoms with van der Waals surface area (Å²) in [4.78, 5) is 11.4. The summed E-state index contributed by atoms with van der Waals surface area (Å²) >= 11 is 0. The van der Waals surface area contributed by atoms with Gasteiger partial charge in [0.1, 0.15) is 0 Å². The minimum atomic E-state index is -5.72. The molecule has 0 aromatic carbocycles. The maximum absolute atomic E-state index is 12.6. The van der Waals surface area contributed by atoms with Gasteiger partial charge < -0.3 is 4.74 Å². The second kappa shape index (κ2) is 5.88. The predicted octanol–water partition coefficient (Wildman–Crippen LogP) is 3.86. The molecule has 0 aliphatic heterocycles. The Morgan fingerprint density at radius 2 is 1.63 bits per heavy atom. The van der Waals surface area contributed by atoms with Crippen molar-refractivity contribution in [1.82, 2.24) is 0 Å². The SMILES string of the molecule is C=C(C(=O)OCC(F)(F)C(F)(F)F)C1CCCCC1. The van der Waals surface area contributed by atoms with Gasteiger partial charge in [-0.1, -0.05) is 25.8 Å². The van der Waals surface area contributed by atoms with Gasteiger partial charge in [0.25, 0.3) is 0 Å². The molecule has 0 spiro atoms. The number of esters is 1. The van der Waals surface area contributed by atoms with Crippen molar-refractivity contribution in [3.05, 3.63) is 12.2 Å². The largest absolute Gasteiger partial charge is 0.456 e. The third kappa shape index (κ3) is 4.18. The van der Waals surface area contributed by atoms with E-state index in [-0.39, 0.29) is 11.5 Å². The zero-order valence-electron chi connectivity index (χ0n) is 10.2. The topological polar surface area (TPSA) is 26.3 Å². The van der Waals surface area contributed by atoms with Crippen LogP contribution in [0, 0.1) is 5.92 Å². The normalized spacial score (nSPS) is 18.2. The van der Waals surface area contributed by atoms with Crippen LogP contribution >= 0.6 is 0 Å². The monoisotopic (exact) mass is 286 g/mol. The number of ether oxygens (including phenoxy) is 1. The minimum absolute atomic E-state index is 0.0160. The molecule has 1 rings (SSSR count). The van der Waals surface area contributed by atoms with Gasteiger partial charge in [-0.05, 0) is 18.8 Å². The molecular formula is C12H15F5O2. The van der Waals surface area contributed by atoms with Gasteiger partial charge in [0.15, 0.2) is 6.61 Å². The molecule has 1 saturated carbocycles. The number of halogens is 5. The number of hydrogen-bond acceptors (Lipinski definition) is 2. The first kappa shape index (κ1) is 15.9. The Balaban J connectivity index is 2.49. The lowest BCUT2D eigenvalue weighted by Crippen LogP contribution is -2.41. The van der Waals surface area contributed by atoms with Crippen molar-refractivity contribution >= 4 is 5.97 Å². The fourth-order valence-electron chi connectivity index (χ4n) is 1.95. The van der Waals surface area contributed by atoms with Gasteiger partial charge in [-0.25, -0.2) is 4.79 Å². The van der Waals surface area contributed by atoms with E-state index in [2.05, 4.69) is 11.3 Å². The van der Waals surface area contributed by atoms with Crippen molar-refractivity contribution in [2.75, 3.05) is 6.61 Å². The summed E-state index contributed by atoms with van der Waals surface area (Å²) in [5.41, 5.74) is -0.0160. The lowest BCUT2D eigenvalue weighted by Gasteiger charge is -2.24. The van der Waals surface area contributed by atoms with E-state index in [4.69, 9.17) is 0 Å². The van der Waals surface area contributed by atoms with Gasteiger partial charge >= 0.3 is 18.1 Å². The summed E-state index contributed by atoms with van der Waals surface area (Å²) in [7, 11) is 0. The van der Waals surface area contributed by atoms with Crippen LogP contribution in [0.15, 0.2) is 12.2 Å². The fraction of sp³-hybridized carbons (Fsp3) is 0.750. The van der Waals surface area contributed by atoms with Crippen LogP contribution in [0.1, 0.15) is 32.1 Å². The van der Waals surface area contributed by atoms with Crippen LogP contribution in [0.3, 0.4) is 0 Å². The standard InChI is InChI=1S/C12H15F5O2/c1-8(9-5-3-2-4-6-9)10(18)19-7-11(13,14)12(15,16)17/h9H,1-7H2. The molecular weight excluding hydrogens is 271 g/mol. The molecule has 0 amide bonds. The van der Waals surface area contributed by atoms with Crippen LogP contribution in [-0.4, -0.2) is 24.7 Å². The van der Waals surface area contributed by atoms with E-state index < -0.39 is 24.7 Å². The summed E-state index contributed by atoms with van der Waals surface area (Å²) in [6.07, 6.45) is -1.57. The van der Waals surface area contributed by atoms with Crippen molar-refractivity contribution < 1.29 is 31.5 Å². The molecule has 0 bridgehead atoms. The van der Waals surface area contributed by atoms with Gasteiger partial charge in [-0.3, -0.25) is 0 Å². The molecule has 7 heteroatoms. The van der Waals surface area contributed by atoms with Gasteiger partial charge in [0.05, 0.1) is 0 Å². The number of hydrogen-bond donors (Lipinski definition) is 0. The molecule has 1 fully saturated rings. The first-order valence-electron chi connectivity index (χ1n) is 5.95. The highest BCUT2D eigenvalue weighted by Crippen LogP contribution is 2.36. The summed E-state index contributed by atoms with van der Waals surface area (Å²) in [6.45, 7) is 1.44. The third-order valence-electron chi connectivity index (χ3n) is 3.16. The van der Waals surface area contributed by atoms with E-state index in [9.17, 15) is 26.7 Å². The summed E-state index contributed by atoms with van der Waals surface area (Å²) in [5.74, 6) is -6.38. The number of alkyl halides is 5. The zero-order chi connectivity index (χ0) is 14.7. The summed E-state index contributed by atoms with van der Waals surface area (Å²) in [6, 6.07) is 0. The minimum Gasteiger partial charge on any atom is -0.456 e. The average Bonchev–Trinajstić information content (AvgIpc) is 2.35. The molecule has 1 aliphatic carbocycles. The first-order chi connectivity index (χ1) is 8.65. The molecule has 1 aliphatic rings. The first-order valence-corrected chi connectivity index (χ1v) is 5.95. The van der Waals surface area contributed by atoms with Crippen molar-refractivity contribution in [2.24, 2.45) is 5.92 Å². The van der Waals surface area contributed by atoms with E-state index in [0.717, 1.165) is 19.3 Å². The maximum Gasteiger partial charge on any atom is 0.456 e. The van der Waals surface area contributed by atoms with Crippen LogP contribution in [-0.2, 0) is 9.53 Å². The smallest absolute Gasteiger partial charge is 0.456 e. The maximum atomic E-state index is 12.6. The summed E-state index contributed by atoms with van der Waals surface area (Å²) < 4.78 is 64.8. The van der Waals surface area contributed by atoms with Crippen LogP contribution in [0.25, 0.3) is 0 Å². The van der Waals surface area contributed by atoms with Crippen LogP contribution in [0.2, 0.25) is 0 Å². The van der Waals surface area contributed by atoms with E-state index in [1.807, 2.05) is 0 Å². The van der Waals surface area contributed by atoms with Crippen LogP contribution in [0.5, 0.6) is 0 Å². The van der Waals surface area contributed by atoms with Crippen molar-refractivity contribution in [2.45, 2.75) is 44.2 Å². The van der Waals surface area contributed by atoms with Crippen LogP contribution < -0.4 is 0 Å². The van der Waals surface area contributed by atoms with Crippen molar-refractivity contribution in [3.8, 4) is 0 Å². The molecule has 2 nitrogen and oxygen atoms in total. The Hall–Kier alpha value is -1.14. The molecule has 0 unspecified atom stereocenters. The van der Waals surface area contributed by atoms with E-state index >= 15 is 0 Å². The Morgan fingerprint density at radius 3 is 2.11 bits per heavy atom. The van der Waals surface area contributed by atoms with Gasteiger partial charge in [0, 0.05) is 5.57 Å². The molecule has 110 valence electrons. The molecule has 0 aromatic heterocycles. The Kier molecular flexibility index (Phi) is 4.92. The quantitative estimate of drug-likeness (QED) is 0.445. The Labute approximate surface area is 107 Å². The lowest BCUT2D eigenvalue weighted by atomic mass is 9.84. The molecule has 0 saturated heterocycles. The molecule has 0 atom stereocenters. The second-order valence-corrected chi connectivity index (χ2v) is 4.64. The van der Waals surface area contributed by atoms with Crippen LogP contribution in [0.4, 0.5) is 22.0 Å². The number of carbonyl (C=O) groups excluding carboxylic acids is 1. The Bertz CT molecular complexity index is 343. The predicted molar refractivity (Wildman–Crippen MR) is 57.7 cm³/mol. The summed E-state index contributed by atoms with van der Waals surface area (Å²) in [5, 5.41) is 0. The van der Waals surface area contributed by atoms with Crippen molar-refractivity contribution in [1.29, 1.82) is 0 Å². The van der Waals surface area contributed by atoms with E-state index in [1.54, 1.807) is 0 Å². The highest BCUT2D eigenvalue weighted by Gasteiger charge is 2.58. The molecule has 0 radical (unpaired) electrons. The molecule has 0 heterocycles. The molecule has 0 aromatic rings. The third-order valence-corrected chi connectivity index (χ3v) is 3.16. The van der Waals surface area contributed by atoms with E-state index in [0.29, 0.717) is 12.8 Å². The zero-order valence-corrected chi connectivity index (χ0v) is 10.2. The number of rotatable bonds is 4. The highest BCUT2D eigenvalue weighted by molar-refractivity contribution is 5.88. The van der Waals surface area contributed by atoms with E-state index in [1.165, 1.54) is 0 Å². The van der Waals surface area contributed by atoms with Gasteiger partial charge in [-0.2, -0.15) is 22.0 Å². The van der Waals surface area contributed by atoms with Crippen molar-refractivity contribution in [3.63, 3.8) is 0 Å². The lowest BCUT2D eigenvalue weighted by molar-refractivity contribution is -0.293. The van der Waals surface area contributed by atoms with Gasteiger partial charge in [-0.15, -0.1) is 0 Å². The highest BCUT2D eigenvalue weighted by atomic mass is 19.4. The fourth-order valence-corrected chi connectivity index (χ4v) is 1.95. The average molecular weight is 286 g/mol. The Morgan fingerprint density at radius 1 is 1.11 bits per heavy atom.